The van der Waals surface area contributed by atoms with Crippen LogP contribution in [0.25, 0.3) is 0 Å². The van der Waals surface area contributed by atoms with Crippen LogP contribution in [0.1, 0.15) is 0 Å². The summed E-state index contributed by atoms with van der Waals surface area (Å²) >= 11 is 0. The summed E-state index contributed by atoms with van der Waals surface area (Å²) in [5, 5.41) is 16.0. The standard InChI is InChI=1S/C13H15N3O5/c17-11(15-7-12(18)19)6-16-13(20)10-5-14-8-3-1-2-4-9(8)21-10/h1-4,10,14H,5-7H2,(H,15,17)(H,16,20)(H,18,19). The van der Waals surface area contributed by atoms with E-state index in [0.29, 0.717) is 12.3 Å². The summed E-state index contributed by atoms with van der Waals surface area (Å²) in [5.74, 6) is -1.59. The topological polar surface area (TPSA) is 117 Å². The number of fused-ring (bicyclic) bond motifs is 1. The molecular formula is C13H15N3O5. The number of benzene rings is 1. The van der Waals surface area contributed by atoms with E-state index in [0.717, 1.165) is 5.69 Å². The molecular weight excluding hydrogens is 278 g/mol. The number of nitrogens with one attached hydrogen (secondary N) is 3. The number of carbonyl (C=O) groups is 3. The quantitative estimate of drug-likeness (QED) is 0.563. The van der Waals surface area contributed by atoms with E-state index in [9.17, 15) is 14.4 Å². The number of rotatable bonds is 5. The van der Waals surface area contributed by atoms with Crippen molar-refractivity contribution in [3.05, 3.63) is 24.3 Å². The van der Waals surface area contributed by atoms with Gasteiger partial charge in [-0.25, -0.2) is 0 Å². The van der Waals surface area contributed by atoms with Crippen LogP contribution >= 0.6 is 0 Å². The minimum Gasteiger partial charge on any atom is -0.480 e. The van der Waals surface area contributed by atoms with Gasteiger partial charge >= 0.3 is 5.97 Å². The average Bonchev–Trinajstić information content (AvgIpc) is 2.50. The lowest BCUT2D eigenvalue weighted by atomic mass is 10.2. The molecule has 0 fully saturated rings. The van der Waals surface area contributed by atoms with Gasteiger partial charge in [0.15, 0.2) is 6.10 Å². The number of aliphatic carboxylic acids is 1. The zero-order valence-corrected chi connectivity index (χ0v) is 11.1. The fourth-order valence-electron chi connectivity index (χ4n) is 1.78. The summed E-state index contributed by atoms with van der Waals surface area (Å²) in [7, 11) is 0. The first-order valence-corrected chi connectivity index (χ1v) is 6.32. The predicted molar refractivity (Wildman–Crippen MR) is 73.0 cm³/mol. The maximum Gasteiger partial charge on any atom is 0.322 e. The van der Waals surface area contributed by atoms with E-state index in [4.69, 9.17) is 9.84 Å². The van der Waals surface area contributed by atoms with Crippen molar-refractivity contribution in [1.82, 2.24) is 10.6 Å². The van der Waals surface area contributed by atoms with Crippen molar-refractivity contribution >= 4 is 23.5 Å². The van der Waals surface area contributed by atoms with E-state index < -0.39 is 30.4 Å². The average molecular weight is 293 g/mol. The van der Waals surface area contributed by atoms with Gasteiger partial charge in [-0.2, -0.15) is 0 Å². The highest BCUT2D eigenvalue weighted by atomic mass is 16.5. The summed E-state index contributed by atoms with van der Waals surface area (Å²) in [6.45, 7) is -0.489. The van der Waals surface area contributed by atoms with Crippen molar-refractivity contribution in [1.29, 1.82) is 0 Å². The summed E-state index contributed by atoms with van der Waals surface area (Å²) in [5.41, 5.74) is 0.806. The Kier molecular flexibility index (Phi) is 4.60. The molecule has 0 bridgehead atoms. The van der Waals surface area contributed by atoms with Gasteiger partial charge in [0.25, 0.3) is 5.91 Å². The van der Waals surface area contributed by atoms with Gasteiger partial charge in [0.2, 0.25) is 5.91 Å². The van der Waals surface area contributed by atoms with Gasteiger partial charge in [0, 0.05) is 0 Å². The molecule has 0 aliphatic carbocycles. The molecule has 0 aromatic heterocycles. The van der Waals surface area contributed by atoms with Gasteiger partial charge in [0.1, 0.15) is 12.3 Å². The van der Waals surface area contributed by atoms with Crippen LogP contribution in [0.5, 0.6) is 5.75 Å². The van der Waals surface area contributed by atoms with Crippen LogP contribution in [0.2, 0.25) is 0 Å². The van der Waals surface area contributed by atoms with E-state index in [1.54, 1.807) is 12.1 Å². The number of carboxylic acids is 1. The van der Waals surface area contributed by atoms with Crippen molar-refractivity contribution in [2.75, 3.05) is 25.0 Å². The third-order valence-electron chi connectivity index (χ3n) is 2.79. The highest BCUT2D eigenvalue weighted by Crippen LogP contribution is 2.27. The largest absolute Gasteiger partial charge is 0.480 e. The molecule has 21 heavy (non-hydrogen) atoms. The number of anilines is 1. The monoisotopic (exact) mass is 293 g/mol. The fraction of sp³-hybridized carbons (Fsp3) is 0.308. The lowest BCUT2D eigenvalue weighted by Gasteiger charge is -2.26. The lowest BCUT2D eigenvalue weighted by Crippen LogP contribution is -2.47. The third-order valence-corrected chi connectivity index (χ3v) is 2.79. The first-order chi connectivity index (χ1) is 10.1. The fourth-order valence-corrected chi connectivity index (χ4v) is 1.78. The Labute approximate surface area is 120 Å². The molecule has 0 saturated heterocycles. The molecule has 2 rings (SSSR count). The SMILES string of the molecule is O=C(O)CNC(=O)CNC(=O)C1CNc2ccccc2O1. The van der Waals surface area contributed by atoms with Crippen LogP contribution in [0, 0.1) is 0 Å². The molecule has 1 aromatic carbocycles. The summed E-state index contributed by atoms with van der Waals surface area (Å²) in [6, 6.07) is 7.21. The molecule has 0 saturated carbocycles. The molecule has 0 spiro atoms. The molecule has 112 valence electrons. The molecule has 1 aromatic rings. The van der Waals surface area contributed by atoms with E-state index >= 15 is 0 Å². The minimum atomic E-state index is -1.15. The van der Waals surface area contributed by atoms with Crippen LogP contribution < -0.4 is 20.7 Å². The van der Waals surface area contributed by atoms with Gasteiger partial charge in [-0.3, -0.25) is 14.4 Å². The number of hydrogen-bond acceptors (Lipinski definition) is 5. The molecule has 1 aliphatic rings. The second-order valence-electron chi connectivity index (χ2n) is 4.37. The van der Waals surface area contributed by atoms with Gasteiger partial charge in [-0.1, -0.05) is 12.1 Å². The maximum atomic E-state index is 11.9. The van der Waals surface area contributed by atoms with Crippen LogP contribution in [0.4, 0.5) is 5.69 Å². The first-order valence-electron chi connectivity index (χ1n) is 6.32. The Morgan fingerprint density at radius 1 is 1.24 bits per heavy atom. The van der Waals surface area contributed by atoms with Crippen LogP contribution in [0.15, 0.2) is 24.3 Å². The summed E-state index contributed by atoms with van der Waals surface area (Å²) in [6.07, 6.45) is -0.743. The zero-order chi connectivity index (χ0) is 15.2. The predicted octanol–water partition coefficient (Wildman–Crippen LogP) is -0.823. The highest BCUT2D eigenvalue weighted by molar-refractivity contribution is 5.89. The number of carboxylic acid groups (broad SMARTS) is 1. The second-order valence-corrected chi connectivity index (χ2v) is 4.37. The molecule has 1 unspecified atom stereocenters. The molecule has 8 heteroatoms. The van der Waals surface area contributed by atoms with Crippen LogP contribution in [-0.4, -0.2) is 48.6 Å². The van der Waals surface area contributed by atoms with Crippen molar-refractivity contribution in [2.24, 2.45) is 0 Å². The molecule has 1 heterocycles. The maximum absolute atomic E-state index is 11.9. The molecule has 1 aliphatic heterocycles. The number of amides is 2. The van der Waals surface area contributed by atoms with Crippen LogP contribution in [-0.2, 0) is 14.4 Å². The number of ether oxygens (including phenoxy) is 1. The zero-order valence-electron chi connectivity index (χ0n) is 11.1. The van der Waals surface area contributed by atoms with Crippen molar-refractivity contribution in [3.8, 4) is 5.75 Å². The van der Waals surface area contributed by atoms with Gasteiger partial charge in [-0.05, 0) is 12.1 Å². The van der Waals surface area contributed by atoms with E-state index in [2.05, 4.69) is 16.0 Å². The van der Waals surface area contributed by atoms with E-state index in [1.165, 1.54) is 0 Å². The first kappa shape index (κ1) is 14.6. The van der Waals surface area contributed by atoms with E-state index in [1.807, 2.05) is 12.1 Å². The third kappa shape index (κ3) is 4.10. The van der Waals surface area contributed by atoms with Crippen LogP contribution in [0.3, 0.4) is 0 Å². The molecule has 0 radical (unpaired) electrons. The molecule has 8 nitrogen and oxygen atoms in total. The Morgan fingerprint density at radius 3 is 2.76 bits per heavy atom. The van der Waals surface area contributed by atoms with Crippen molar-refractivity contribution < 1.29 is 24.2 Å². The molecule has 1 atom stereocenters. The second kappa shape index (κ2) is 6.60. The normalized spacial score (nSPS) is 15.9. The van der Waals surface area contributed by atoms with Crippen molar-refractivity contribution in [2.45, 2.75) is 6.10 Å². The highest BCUT2D eigenvalue weighted by Gasteiger charge is 2.25. The number of carbonyl (C=O) groups excluding carboxylic acids is 2. The minimum absolute atomic E-state index is 0.291. The number of hydrogen-bond donors (Lipinski definition) is 4. The summed E-state index contributed by atoms with van der Waals surface area (Å²) < 4.78 is 5.52. The Morgan fingerprint density at radius 2 is 2.00 bits per heavy atom. The van der Waals surface area contributed by atoms with E-state index in [-0.39, 0.29) is 6.54 Å². The van der Waals surface area contributed by atoms with Gasteiger partial charge in [-0.15, -0.1) is 0 Å². The lowest BCUT2D eigenvalue weighted by molar-refractivity contribution is -0.137. The molecule has 2 amide bonds. The van der Waals surface area contributed by atoms with Crippen molar-refractivity contribution in [3.63, 3.8) is 0 Å². The Hall–Kier alpha value is -2.77. The number of para-hydroxylation sites is 2. The van der Waals surface area contributed by atoms with Gasteiger partial charge < -0.3 is 25.8 Å². The Bertz CT molecular complexity index is 560. The Balaban J connectivity index is 1.80. The van der Waals surface area contributed by atoms with Gasteiger partial charge in [0.05, 0.1) is 18.8 Å². The summed E-state index contributed by atoms with van der Waals surface area (Å²) in [4.78, 5) is 33.4. The molecule has 4 N–H and O–H groups in total. The smallest absolute Gasteiger partial charge is 0.322 e.